The zero-order valence-electron chi connectivity index (χ0n) is 11.2. The van der Waals surface area contributed by atoms with Gasteiger partial charge in [-0.25, -0.2) is 0 Å². The molecular weight excluding hydrogens is 240 g/mol. The zero-order valence-corrected chi connectivity index (χ0v) is 11.2. The van der Waals surface area contributed by atoms with E-state index in [-0.39, 0.29) is 17.9 Å². The Morgan fingerprint density at radius 1 is 1.26 bits per heavy atom. The number of unbranched alkanes of at least 4 members (excludes halogenated alkanes) is 1. The Kier molecular flexibility index (Phi) is 4.55. The van der Waals surface area contributed by atoms with Crippen LogP contribution in [0, 0.1) is 0 Å². The van der Waals surface area contributed by atoms with Gasteiger partial charge in [-0.15, -0.1) is 0 Å². The quantitative estimate of drug-likeness (QED) is 0.798. The first-order valence-corrected chi connectivity index (χ1v) is 6.88. The third-order valence-corrected chi connectivity index (χ3v) is 3.35. The second-order valence-corrected chi connectivity index (χ2v) is 4.95. The molecule has 1 atom stereocenters. The van der Waals surface area contributed by atoms with Gasteiger partial charge >= 0.3 is 0 Å². The molecule has 1 unspecified atom stereocenters. The first-order valence-electron chi connectivity index (χ1n) is 6.88. The number of piperidine rings is 1. The number of imide groups is 1. The Balaban J connectivity index is 1.92. The lowest BCUT2D eigenvalue weighted by Crippen LogP contribution is -2.47. The summed E-state index contributed by atoms with van der Waals surface area (Å²) in [6.07, 6.45) is 4.44. The van der Waals surface area contributed by atoms with Crippen molar-refractivity contribution in [1.82, 2.24) is 5.32 Å². The Hall–Kier alpha value is -1.84. The Morgan fingerprint density at radius 2 is 2.00 bits per heavy atom. The van der Waals surface area contributed by atoms with Gasteiger partial charge in [0.25, 0.3) is 0 Å². The number of nitrogens with one attached hydrogen (secondary N) is 2. The standard InChI is InChI=1S/C15H20N2O2/c1-2-3-4-11-5-7-12(8-6-11)16-13-9-10-14(18)17-15(13)19/h5-8,13,16H,2-4,9-10H2,1H3,(H,17,18,19). The van der Waals surface area contributed by atoms with Gasteiger partial charge in [-0.2, -0.15) is 0 Å². The number of rotatable bonds is 5. The van der Waals surface area contributed by atoms with E-state index >= 15 is 0 Å². The number of hydrogen-bond donors (Lipinski definition) is 2. The molecule has 0 bridgehead atoms. The molecule has 19 heavy (non-hydrogen) atoms. The van der Waals surface area contributed by atoms with Crippen molar-refractivity contribution < 1.29 is 9.59 Å². The predicted octanol–water partition coefficient (Wildman–Crippen LogP) is 2.25. The number of anilines is 1. The van der Waals surface area contributed by atoms with E-state index in [4.69, 9.17) is 0 Å². The van der Waals surface area contributed by atoms with E-state index in [9.17, 15) is 9.59 Å². The zero-order chi connectivity index (χ0) is 13.7. The fourth-order valence-electron chi connectivity index (χ4n) is 2.18. The fraction of sp³-hybridized carbons (Fsp3) is 0.467. The predicted molar refractivity (Wildman–Crippen MR) is 74.8 cm³/mol. The maximum atomic E-state index is 11.6. The highest BCUT2D eigenvalue weighted by molar-refractivity contribution is 6.01. The van der Waals surface area contributed by atoms with Crippen LogP contribution in [0.3, 0.4) is 0 Å². The second kappa shape index (κ2) is 6.36. The van der Waals surface area contributed by atoms with Crippen molar-refractivity contribution in [3.05, 3.63) is 29.8 Å². The van der Waals surface area contributed by atoms with Crippen molar-refractivity contribution >= 4 is 17.5 Å². The maximum absolute atomic E-state index is 11.6. The summed E-state index contributed by atoms with van der Waals surface area (Å²) in [4.78, 5) is 22.7. The van der Waals surface area contributed by atoms with Crippen LogP contribution in [0.25, 0.3) is 0 Å². The van der Waals surface area contributed by atoms with Gasteiger partial charge in [0.1, 0.15) is 6.04 Å². The van der Waals surface area contributed by atoms with Crippen molar-refractivity contribution in [2.75, 3.05) is 5.32 Å². The number of benzene rings is 1. The minimum absolute atomic E-state index is 0.182. The highest BCUT2D eigenvalue weighted by Crippen LogP contribution is 2.15. The average molecular weight is 260 g/mol. The molecule has 1 aromatic rings. The summed E-state index contributed by atoms with van der Waals surface area (Å²) in [7, 11) is 0. The summed E-state index contributed by atoms with van der Waals surface area (Å²) >= 11 is 0. The molecule has 4 heteroatoms. The smallest absolute Gasteiger partial charge is 0.249 e. The molecule has 0 aromatic heterocycles. The molecule has 1 heterocycles. The van der Waals surface area contributed by atoms with Crippen LogP contribution in [0.1, 0.15) is 38.2 Å². The molecule has 2 rings (SSSR count). The van der Waals surface area contributed by atoms with Gasteiger partial charge < -0.3 is 5.32 Å². The summed E-state index contributed by atoms with van der Waals surface area (Å²) in [6, 6.07) is 7.86. The Bertz CT molecular complexity index is 454. The lowest BCUT2D eigenvalue weighted by Gasteiger charge is -2.22. The topological polar surface area (TPSA) is 58.2 Å². The van der Waals surface area contributed by atoms with E-state index in [0.717, 1.165) is 12.1 Å². The molecule has 0 radical (unpaired) electrons. The van der Waals surface area contributed by atoms with Crippen LogP contribution in [-0.4, -0.2) is 17.9 Å². The SMILES string of the molecule is CCCCc1ccc(NC2CCC(=O)NC2=O)cc1. The monoisotopic (exact) mass is 260 g/mol. The molecule has 4 nitrogen and oxygen atoms in total. The normalized spacial score (nSPS) is 19.1. The summed E-state index contributed by atoms with van der Waals surface area (Å²) in [5, 5.41) is 5.52. The van der Waals surface area contributed by atoms with E-state index in [2.05, 4.69) is 29.7 Å². The highest BCUT2D eigenvalue weighted by Gasteiger charge is 2.26. The molecule has 1 aliphatic heterocycles. The Morgan fingerprint density at radius 3 is 2.63 bits per heavy atom. The lowest BCUT2D eigenvalue weighted by molar-refractivity contribution is -0.133. The molecule has 102 valence electrons. The summed E-state index contributed by atoms with van der Waals surface area (Å²) < 4.78 is 0. The fourth-order valence-corrected chi connectivity index (χ4v) is 2.18. The molecular formula is C15H20N2O2. The third kappa shape index (κ3) is 3.81. The van der Waals surface area contributed by atoms with Crippen molar-refractivity contribution in [3.8, 4) is 0 Å². The van der Waals surface area contributed by atoms with Gasteiger partial charge in [-0.3, -0.25) is 14.9 Å². The molecule has 1 saturated heterocycles. The van der Waals surface area contributed by atoms with E-state index in [0.29, 0.717) is 12.8 Å². The van der Waals surface area contributed by atoms with Crippen LogP contribution in [-0.2, 0) is 16.0 Å². The van der Waals surface area contributed by atoms with Crippen LogP contribution in [0.5, 0.6) is 0 Å². The third-order valence-electron chi connectivity index (χ3n) is 3.35. The van der Waals surface area contributed by atoms with Gasteiger partial charge in [0.15, 0.2) is 0 Å². The lowest BCUT2D eigenvalue weighted by atomic mass is 10.0. The van der Waals surface area contributed by atoms with Gasteiger partial charge in [0.2, 0.25) is 11.8 Å². The van der Waals surface area contributed by atoms with Crippen LogP contribution >= 0.6 is 0 Å². The number of aryl methyl sites for hydroxylation is 1. The van der Waals surface area contributed by atoms with Gasteiger partial charge in [0, 0.05) is 12.1 Å². The van der Waals surface area contributed by atoms with E-state index in [1.54, 1.807) is 0 Å². The van der Waals surface area contributed by atoms with Crippen LogP contribution < -0.4 is 10.6 Å². The number of hydrogen-bond acceptors (Lipinski definition) is 3. The van der Waals surface area contributed by atoms with Crippen molar-refractivity contribution in [1.29, 1.82) is 0 Å². The summed E-state index contributed by atoms with van der Waals surface area (Å²) in [6.45, 7) is 2.18. The van der Waals surface area contributed by atoms with E-state index in [1.807, 2.05) is 12.1 Å². The maximum Gasteiger partial charge on any atom is 0.249 e. The van der Waals surface area contributed by atoms with Crippen LogP contribution in [0.4, 0.5) is 5.69 Å². The van der Waals surface area contributed by atoms with Gasteiger partial charge in [-0.05, 0) is 37.0 Å². The first kappa shape index (κ1) is 13.6. The molecule has 1 aliphatic rings. The molecule has 1 aromatic carbocycles. The number of amides is 2. The van der Waals surface area contributed by atoms with Gasteiger partial charge in [0.05, 0.1) is 0 Å². The van der Waals surface area contributed by atoms with Crippen molar-refractivity contribution in [2.24, 2.45) is 0 Å². The number of carbonyl (C=O) groups excluding carboxylic acids is 2. The van der Waals surface area contributed by atoms with Crippen molar-refractivity contribution in [3.63, 3.8) is 0 Å². The van der Waals surface area contributed by atoms with E-state index < -0.39 is 0 Å². The number of carbonyl (C=O) groups is 2. The average Bonchev–Trinajstić information content (AvgIpc) is 2.41. The van der Waals surface area contributed by atoms with Crippen molar-refractivity contribution in [2.45, 2.75) is 45.1 Å². The molecule has 1 fully saturated rings. The van der Waals surface area contributed by atoms with E-state index in [1.165, 1.54) is 18.4 Å². The molecule has 0 spiro atoms. The molecule has 2 N–H and O–H groups in total. The largest absolute Gasteiger partial charge is 0.374 e. The van der Waals surface area contributed by atoms with Crippen LogP contribution in [0.2, 0.25) is 0 Å². The molecule has 0 aliphatic carbocycles. The minimum Gasteiger partial charge on any atom is -0.374 e. The minimum atomic E-state index is -0.306. The van der Waals surface area contributed by atoms with Gasteiger partial charge in [-0.1, -0.05) is 25.5 Å². The highest BCUT2D eigenvalue weighted by atomic mass is 16.2. The summed E-state index contributed by atoms with van der Waals surface area (Å²) in [5.74, 6) is -0.413. The summed E-state index contributed by atoms with van der Waals surface area (Å²) in [5.41, 5.74) is 2.24. The Labute approximate surface area is 113 Å². The molecule has 2 amide bonds. The second-order valence-electron chi connectivity index (χ2n) is 4.95. The van der Waals surface area contributed by atoms with Crippen LogP contribution in [0.15, 0.2) is 24.3 Å². The first-order chi connectivity index (χ1) is 9.19. The molecule has 0 saturated carbocycles.